The number of hydrogen-bond acceptors (Lipinski definition) is 4. The summed E-state index contributed by atoms with van der Waals surface area (Å²) < 4.78 is 0. The highest BCUT2D eigenvalue weighted by Gasteiger charge is 2.26. The summed E-state index contributed by atoms with van der Waals surface area (Å²) in [5, 5.41) is 8.02. The summed E-state index contributed by atoms with van der Waals surface area (Å²) in [7, 11) is 0. The summed E-state index contributed by atoms with van der Waals surface area (Å²) in [6, 6.07) is 15.5. The van der Waals surface area contributed by atoms with Crippen LogP contribution in [0, 0.1) is 5.92 Å². The van der Waals surface area contributed by atoms with Crippen molar-refractivity contribution in [1.82, 2.24) is 16.0 Å². The van der Waals surface area contributed by atoms with Gasteiger partial charge in [0.05, 0.1) is 6.04 Å². The van der Waals surface area contributed by atoms with Crippen LogP contribution in [0.2, 0.25) is 0 Å². The third-order valence-electron chi connectivity index (χ3n) is 4.87. The maximum Gasteiger partial charge on any atom is 0.251 e. The van der Waals surface area contributed by atoms with E-state index in [1.54, 1.807) is 30.3 Å². The first-order valence-corrected chi connectivity index (χ1v) is 10.3. The Bertz CT molecular complexity index is 884. The molecule has 0 saturated carbocycles. The van der Waals surface area contributed by atoms with Crippen molar-refractivity contribution in [3.63, 3.8) is 0 Å². The lowest BCUT2D eigenvalue weighted by atomic mass is 10.0. The van der Waals surface area contributed by atoms with Crippen LogP contribution in [-0.2, 0) is 20.8 Å². The van der Waals surface area contributed by atoms with Gasteiger partial charge in [0.25, 0.3) is 5.91 Å². The Kier molecular flexibility index (Phi) is 8.94. The van der Waals surface area contributed by atoms with E-state index >= 15 is 0 Å². The lowest BCUT2D eigenvalue weighted by Crippen LogP contribution is -2.55. The molecule has 2 aromatic rings. The molecule has 164 valence electrons. The second-order valence-electron chi connectivity index (χ2n) is 7.73. The molecule has 7 heteroatoms. The number of rotatable bonds is 10. The third-order valence-corrected chi connectivity index (χ3v) is 4.87. The van der Waals surface area contributed by atoms with Crippen molar-refractivity contribution >= 4 is 24.0 Å². The van der Waals surface area contributed by atoms with Crippen LogP contribution in [-0.4, -0.2) is 42.1 Å². The molecule has 0 spiro atoms. The molecule has 0 bridgehead atoms. The molecular weight excluding hydrogens is 394 g/mol. The van der Waals surface area contributed by atoms with Crippen LogP contribution in [0.25, 0.3) is 0 Å². The minimum absolute atomic E-state index is 0.0691. The quantitative estimate of drug-likeness (QED) is 0.508. The molecule has 0 aliphatic rings. The van der Waals surface area contributed by atoms with Crippen LogP contribution >= 0.6 is 0 Å². The molecule has 0 aromatic heterocycles. The molecule has 0 aliphatic heterocycles. The molecule has 0 fully saturated rings. The van der Waals surface area contributed by atoms with Gasteiger partial charge in [-0.05, 0) is 30.5 Å². The summed E-state index contributed by atoms with van der Waals surface area (Å²) in [6.07, 6.45) is 0.942. The molecule has 3 N–H and O–H groups in total. The van der Waals surface area contributed by atoms with Gasteiger partial charge in [-0.1, -0.05) is 62.4 Å². The topological polar surface area (TPSA) is 104 Å². The predicted octanol–water partition coefficient (Wildman–Crippen LogP) is 1.87. The highest BCUT2D eigenvalue weighted by molar-refractivity contribution is 5.98. The molecule has 0 heterocycles. The molecule has 2 rings (SSSR count). The highest BCUT2D eigenvalue weighted by atomic mass is 16.2. The molecule has 7 nitrogen and oxygen atoms in total. The Morgan fingerprint density at radius 1 is 0.806 bits per heavy atom. The minimum Gasteiger partial charge on any atom is -0.345 e. The van der Waals surface area contributed by atoms with E-state index in [2.05, 4.69) is 16.0 Å². The molecular formula is C24H29N3O4. The summed E-state index contributed by atoms with van der Waals surface area (Å²) >= 11 is 0. The zero-order valence-corrected chi connectivity index (χ0v) is 18.0. The van der Waals surface area contributed by atoms with E-state index < -0.39 is 29.9 Å². The zero-order valence-electron chi connectivity index (χ0n) is 18.0. The minimum atomic E-state index is -0.877. The highest BCUT2D eigenvalue weighted by Crippen LogP contribution is 2.06. The summed E-state index contributed by atoms with van der Waals surface area (Å²) in [5.74, 6) is -1.40. The molecule has 3 atom stereocenters. The van der Waals surface area contributed by atoms with Crippen molar-refractivity contribution < 1.29 is 19.2 Å². The van der Waals surface area contributed by atoms with E-state index in [1.165, 1.54) is 6.92 Å². The van der Waals surface area contributed by atoms with Crippen LogP contribution in [0.1, 0.15) is 36.7 Å². The monoisotopic (exact) mass is 423 g/mol. The van der Waals surface area contributed by atoms with E-state index in [-0.39, 0.29) is 18.2 Å². The van der Waals surface area contributed by atoms with E-state index in [1.807, 2.05) is 44.2 Å². The number of nitrogens with one attached hydrogen (secondary N) is 3. The maximum absolute atomic E-state index is 12.9. The van der Waals surface area contributed by atoms with Gasteiger partial charge < -0.3 is 20.7 Å². The molecule has 0 radical (unpaired) electrons. The normalized spacial score (nSPS) is 13.5. The number of carbonyl (C=O) groups is 4. The average Bonchev–Trinajstić information content (AvgIpc) is 2.77. The first-order valence-electron chi connectivity index (χ1n) is 10.3. The van der Waals surface area contributed by atoms with E-state index in [0.29, 0.717) is 11.8 Å². The van der Waals surface area contributed by atoms with Crippen molar-refractivity contribution in [2.45, 2.75) is 45.3 Å². The fourth-order valence-corrected chi connectivity index (χ4v) is 2.92. The third kappa shape index (κ3) is 7.37. The molecule has 3 amide bonds. The number of hydrogen-bond donors (Lipinski definition) is 3. The summed E-state index contributed by atoms with van der Waals surface area (Å²) in [5.41, 5.74) is 1.30. The molecule has 2 aromatic carbocycles. The van der Waals surface area contributed by atoms with Gasteiger partial charge in [-0.25, -0.2) is 0 Å². The summed E-state index contributed by atoms with van der Waals surface area (Å²) in [6.45, 7) is 5.17. The van der Waals surface area contributed by atoms with Gasteiger partial charge in [0, 0.05) is 12.0 Å². The van der Waals surface area contributed by atoms with Gasteiger partial charge in [-0.15, -0.1) is 0 Å². The lowest BCUT2D eigenvalue weighted by Gasteiger charge is -2.23. The second kappa shape index (κ2) is 11.6. The van der Waals surface area contributed by atoms with Crippen LogP contribution in [0.15, 0.2) is 60.7 Å². The van der Waals surface area contributed by atoms with Crippen LogP contribution in [0.3, 0.4) is 0 Å². The van der Waals surface area contributed by atoms with Gasteiger partial charge >= 0.3 is 0 Å². The predicted molar refractivity (Wildman–Crippen MR) is 118 cm³/mol. The molecule has 0 unspecified atom stereocenters. The second-order valence-corrected chi connectivity index (χ2v) is 7.73. The van der Waals surface area contributed by atoms with Crippen LogP contribution in [0.5, 0.6) is 0 Å². The van der Waals surface area contributed by atoms with Gasteiger partial charge in [0.2, 0.25) is 11.8 Å². The van der Waals surface area contributed by atoms with Gasteiger partial charge in [0.15, 0.2) is 0 Å². The number of amides is 3. The first-order chi connectivity index (χ1) is 14.8. The number of carbonyl (C=O) groups excluding carboxylic acids is 4. The number of benzene rings is 2. The SMILES string of the molecule is CC(C)[C@@H](C=O)NC(=O)[C@H](C)NC(=O)[C@@H](Cc1ccccc1)NC(=O)c1ccccc1. The Morgan fingerprint density at radius 3 is 1.94 bits per heavy atom. The van der Waals surface area contributed by atoms with Crippen molar-refractivity contribution in [2.24, 2.45) is 5.92 Å². The molecule has 31 heavy (non-hydrogen) atoms. The van der Waals surface area contributed by atoms with E-state index in [0.717, 1.165) is 5.56 Å². The van der Waals surface area contributed by atoms with E-state index in [9.17, 15) is 19.2 Å². The Hall–Kier alpha value is -3.48. The lowest BCUT2D eigenvalue weighted by molar-refractivity contribution is -0.130. The van der Waals surface area contributed by atoms with Gasteiger partial charge in [-0.3, -0.25) is 14.4 Å². The largest absolute Gasteiger partial charge is 0.345 e. The Labute approximate surface area is 182 Å². The number of aldehydes is 1. The molecule has 0 aliphatic carbocycles. The standard InChI is InChI=1S/C24H29N3O4/c1-16(2)21(15-28)27-22(29)17(3)25-24(31)20(14-18-10-6-4-7-11-18)26-23(30)19-12-8-5-9-13-19/h4-13,15-17,20-21H,14H2,1-3H3,(H,25,31)(H,26,30)(H,27,29)/t17-,20+,21+/m0/s1. The van der Waals surface area contributed by atoms with Crippen molar-refractivity contribution in [2.75, 3.05) is 0 Å². The fourth-order valence-electron chi connectivity index (χ4n) is 2.92. The van der Waals surface area contributed by atoms with E-state index in [4.69, 9.17) is 0 Å². The average molecular weight is 424 g/mol. The van der Waals surface area contributed by atoms with Crippen LogP contribution in [0.4, 0.5) is 0 Å². The molecule has 0 saturated heterocycles. The smallest absolute Gasteiger partial charge is 0.251 e. The fraction of sp³-hybridized carbons (Fsp3) is 0.333. The van der Waals surface area contributed by atoms with Crippen molar-refractivity contribution in [1.29, 1.82) is 0 Å². The van der Waals surface area contributed by atoms with Gasteiger partial charge in [-0.2, -0.15) is 0 Å². The Balaban J connectivity index is 2.10. The maximum atomic E-state index is 12.9. The Morgan fingerprint density at radius 2 is 1.39 bits per heavy atom. The van der Waals surface area contributed by atoms with Crippen molar-refractivity contribution in [3.8, 4) is 0 Å². The van der Waals surface area contributed by atoms with Crippen LogP contribution < -0.4 is 16.0 Å². The zero-order chi connectivity index (χ0) is 22.8. The first kappa shape index (κ1) is 23.8. The van der Waals surface area contributed by atoms with Crippen molar-refractivity contribution in [3.05, 3.63) is 71.8 Å². The summed E-state index contributed by atoms with van der Waals surface area (Å²) in [4.78, 5) is 49.1. The van der Waals surface area contributed by atoms with Gasteiger partial charge in [0.1, 0.15) is 18.4 Å².